The van der Waals surface area contributed by atoms with Gasteiger partial charge in [-0.1, -0.05) is 19.4 Å². The molecule has 3 N–H and O–H groups in total. The molecule has 0 unspecified atom stereocenters. The molecule has 3 aromatic rings. The maximum atomic E-state index is 9.29. The van der Waals surface area contributed by atoms with Gasteiger partial charge in [0.05, 0.1) is 13.2 Å². The molecule has 0 spiro atoms. The van der Waals surface area contributed by atoms with Gasteiger partial charge in [0.1, 0.15) is 11.3 Å². The van der Waals surface area contributed by atoms with E-state index < -0.39 is 5.54 Å². The van der Waals surface area contributed by atoms with Crippen LogP contribution in [0.15, 0.2) is 46.9 Å². The molecule has 1 heterocycles. The molecule has 0 fully saturated rings. The van der Waals surface area contributed by atoms with E-state index in [0.29, 0.717) is 12.3 Å². The average molecular weight is 368 g/mol. The number of rotatable bonds is 9. The number of oxazole rings is 1. The molecule has 144 valence electrons. The summed E-state index contributed by atoms with van der Waals surface area (Å²) in [6.45, 7) is 4.71. The lowest BCUT2D eigenvalue weighted by molar-refractivity contribution is 0.200. The van der Waals surface area contributed by atoms with Gasteiger partial charge in [0.25, 0.3) is 0 Å². The Morgan fingerprint density at radius 1 is 1.19 bits per heavy atom. The maximum absolute atomic E-state index is 9.29. The maximum Gasteiger partial charge on any atom is 0.227 e. The van der Waals surface area contributed by atoms with Gasteiger partial charge >= 0.3 is 0 Å². The molecule has 0 aliphatic rings. The Hall–Kier alpha value is -2.37. The van der Waals surface area contributed by atoms with Gasteiger partial charge in [-0.2, -0.15) is 0 Å². The molecule has 27 heavy (non-hydrogen) atoms. The van der Waals surface area contributed by atoms with Crippen molar-refractivity contribution < 1.29 is 14.3 Å². The summed E-state index contributed by atoms with van der Waals surface area (Å²) in [6, 6.07) is 13.8. The number of aliphatic hydroxyl groups is 1. The van der Waals surface area contributed by atoms with Crippen molar-refractivity contribution in [3.05, 3.63) is 48.0 Å². The van der Waals surface area contributed by atoms with Crippen molar-refractivity contribution in [1.29, 1.82) is 0 Å². The second-order valence-corrected chi connectivity index (χ2v) is 7.36. The van der Waals surface area contributed by atoms with Crippen LogP contribution in [0.4, 0.5) is 0 Å². The Kier molecular flexibility index (Phi) is 6.14. The van der Waals surface area contributed by atoms with Crippen LogP contribution in [0, 0.1) is 0 Å². The van der Waals surface area contributed by atoms with Crippen molar-refractivity contribution in [1.82, 2.24) is 4.98 Å². The first kappa shape index (κ1) is 19.4. The van der Waals surface area contributed by atoms with Crippen molar-refractivity contribution >= 4 is 11.1 Å². The van der Waals surface area contributed by atoms with Gasteiger partial charge in [0.15, 0.2) is 5.58 Å². The summed E-state index contributed by atoms with van der Waals surface area (Å²) in [4.78, 5) is 4.63. The highest BCUT2D eigenvalue weighted by molar-refractivity contribution is 5.77. The van der Waals surface area contributed by atoms with Crippen LogP contribution in [0.3, 0.4) is 0 Å². The van der Waals surface area contributed by atoms with Crippen molar-refractivity contribution in [2.45, 2.75) is 45.1 Å². The number of fused-ring (bicyclic) bond motifs is 1. The normalized spacial score (nSPS) is 13.6. The number of ether oxygens (including phenoxy) is 1. The van der Waals surface area contributed by atoms with E-state index in [1.54, 1.807) is 0 Å². The molecule has 0 saturated heterocycles. The number of nitrogens with zero attached hydrogens (tertiary/aromatic N) is 1. The van der Waals surface area contributed by atoms with E-state index in [4.69, 9.17) is 14.9 Å². The number of hydrogen-bond donors (Lipinski definition) is 2. The van der Waals surface area contributed by atoms with Crippen LogP contribution in [0.1, 0.15) is 38.7 Å². The second kappa shape index (κ2) is 8.55. The monoisotopic (exact) mass is 368 g/mol. The number of hydrogen-bond acceptors (Lipinski definition) is 5. The lowest BCUT2D eigenvalue weighted by Gasteiger charge is -2.21. The Morgan fingerprint density at radius 2 is 1.96 bits per heavy atom. The smallest absolute Gasteiger partial charge is 0.227 e. The van der Waals surface area contributed by atoms with Gasteiger partial charge in [-0.05, 0) is 68.1 Å². The summed E-state index contributed by atoms with van der Waals surface area (Å²) in [6.07, 6.45) is 3.67. The van der Waals surface area contributed by atoms with E-state index in [-0.39, 0.29) is 6.61 Å². The summed E-state index contributed by atoms with van der Waals surface area (Å²) < 4.78 is 11.6. The number of aliphatic hydroxyl groups excluding tert-OH is 1. The number of unbranched alkanes of at least 4 members (excludes halogenated alkanes) is 1. The zero-order chi connectivity index (χ0) is 19.3. The van der Waals surface area contributed by atoms with Crippen LogP contribution in [0.25, 0.3) is 22.6 Å². The molecule has 0 aliphatic carbocycles. The third kappa shape index (κ3) is 5.08. The topological polar surface area (TPSA) is 81.5 Å². The van der Waals surface area contributed by atoms with E-state index in [1.165, 1.54) is 0 Å². The molecule has 0 bridgehead atoms. The quantitative estimate of drug-likeness (QED) is 0.550. The number of aryl methyl sites for hydroxylation is 1. The summed E-state index contributed by atoms with van der Waals surface area (Å²) >= 11 is 0. The summed E-state index contributed by atoms with van der Waals surface area (Å²) in [5.74, 6) is 1.46. The molecular weight excluding hydrogens is 340 g/mol. The molecule has 5 nitrogen and oxygen atoms in total. The van der Waals surface area contributed by atoms with Crippen molar-refractivity contribution in [3.8, 4) is 17.2 Å². The average Bonchev–Trinajstić information content (AvgIpc) is 3.10. The highest BCUT2D eigenvalue weighted by atomic mass is 16.5. The van der Waals surface area contributed by atoms with Gasteiger partial charge in [-0.15, -0.1) is 0 Å². The first-order valence-corrected chi connectivity index (χ1v) is 9.53. The molecule has 0 aliphatic heterocycles. The fourth-order valence-corrected chi connectivity index (χ4v) is 2.79. The Bertz CT molecular complexity index is 869. The van der Waals surface area contributed by atoms with Crippen molar-refractivity contribution in [3.63, 3.8) is 0 Å². The molecule has 1 atom stereocenters. The van der Waals surface area contributed by atoms with E-state index in [0.717, 1.165) is 53.8 Å². The molecule has 3 rings (SSSR count). The summed E-state index contributed by atoms with van der Waals surface area (Å²) in [7, 11) is 0. The molecule has 0 saturated carbocycles. The van der Waals surface area contributed by atoms with Crippen LogP contribution >= 0.6 is 0 Å². The Balaban J connectivity index is 1.72. The fourth-order valence-electron chi connectivity index (χ4n) is 2.79. The van der Waals surface area contributed by atoms with Gasteiger partial charge in [-0.25, -0.2) is 4.98 Å². The molecular formula is C22H28N2O3. The number of aromatic nitrogens is 1. The minimum atomic E-state index is -0.565. The van der Waals surface area contributed by atoms with E-state index in [1.807, 2.05) is 49.4 Å². The van der Waals surface area contributed by atoms with Gasteiger partial charge in [0.2, 0.25) is 5.89 Å². The zero-order valence-corrected chi connectivity index (χ0v) is 16.1. The van der Waals surface area contributed by atoms with Crippen LogP contribution in [-0.4, -0.2) is 28.8 Å². The summed E-state index contributed by atoms with van der Waals surface area (Å²) in [5, 5.41) is 9.29. The molecule has 0 amide bonds. The van der Waals surface area contributed by atoms with Crippen LogP contribution in [-0.2, 0) is 6.42 Å². The SMILES string of the molecule is CCCCOc1ccc(-c2nc3cc(CC[C@@](C)(N)CO)ccc3o2)cc1. The van der Waals surface area contributed by atoms with Crippen LogP contribution in [0.5, 0.6) is 5.75 Å². The van der Waals surface area contributed by atoms with Gasteiger partial charge < -0.3 is 20.0 Å². The Morgan fingerprint density at radius 3 is 2.67 bits per heavy atom. The minimum absolute atomic E-state index is 0.0263. The highest BCUT2D eigenvalue weighted by Gasteiger charge is 2.17. The lowest BCUT2D eigenvalue weighted by Crippen LogP contribution is -2.40. The molecule has 5 heteroatoms. The van der Waals surface area contributed by atoms with E-state index in [9.17, 15) is 5.11 Å². The second-order valence-electron chi connectivity index (χ2n) is 7.36. The third-order valence-electron chi connectivity index (χ3n) is 4.67. The highest BCUT2D eigenvalue weighted by Crippen LogP contribution is 2.27. The molecule has 1 aromatic heterocycles. The Labute approximate surface area is 160 Å². The number of nitrogens with two attached hydrogens (primary N) is 1. The number of benzene rings is 2. The standard InChI is InChI=1S/C22H28N2O3/c1-3-4-13-26-18-8-6-17(7-9-18)21-24-19-14-16(5-10-20(19)27-21)11-12-22(2,23)15-25/h5-10,14,25H,3-4,11-13,15,23H2,1-2H3/t22-/m1/s1. The predicted octanol–water partition coefficient (Wildman–Crippen LogP) is 4.32. The summed E-state index contributed by atoms with van der Waals surface area (Å²) in [5.41, 5.74) is 9.09. The van der Waals surface area contributed by atoms with Gasteiger partial charge in [0, 0.05) is 11.1 Å². The van der Waals surface area contributed by atoms with E-state index >= 15 is 0 Å². The minimum Gasteiger partial charge on any atom is -0.494 e. The van der Waals surface area contributed by atoms with Gasteiger partial charge in [-0.3, -0.25) is 0 Å². The van der Waals surface area contributed by atoms with Crippen molar-refractivity contribution in [2.75, 3.05) is 13.2 Å². The van der Waals surface area contributed by atoms with E-state index in [2.05, 4.69) is 11.9 Å². The molecule has 0 radical (unpaired) electrons. The zero-order valence-electron chi connectivity index (χ0n) is 16.1. The first-order valence-electron chi connectivity index (χ1n) is 9.53. The lowest BCUT2D eigenvalue weighted by atomic mass is 9.95. The molecule has 2 aromatic carbocycles. The van der Waals surface area contributed by atoms with Crippen molar-refractivity contribution in [2.24, 2.45) is 5.73 Å². The third-order valence-corrected chi connectivity index (χ3v) is 4.67. The predicted molar refractivity (Wildman–Crippen MR) is 108 cm³/mol. The first-order chi connectivity index (χ1) is 13.0. The van der Waals surface area contributed by atoms with Crippen LogP contribution in [0.2, 0.25) is 0 Å². The fraction of sp³-hybridized carbons (Fsp3) is 0.409. The van der Waals surface area contributed by atoms with Crippen LogP contribution < -0.4 is 10.5 Å². The largest absolute Gasteiger partial charge is 0.494 e.